The number of hydrogen-bond donors (Lipinski definition) is 3. The molecule has 0 radical (unpaired) electrons. The maximum atomic E-state index is 13.2. The lowest BCUT2D eigenvalue weighted by atomic mass is 9.95. The van der Waals surface area contributed by atoms with E-state index < -0.39 is 35.3 Å². The molecule has 1 aliphatic carbocycles. The Kier molecular flexibility index (Phi) is 14.0. The van der Waals surface area contributed by atoms with E-state index in [1.807, 2.05) is 18.2 Å². The molecule has 0 spiro atoms. The van der Waals surface area contributed by atoms with Crippen molar-refractivity contribution in [1.82, 2.24) is 10.6 Å². The van der Waals surface area contributed by atoms with Crippen molar-refractivity contribution < 1.29 is 33.8 Å². The van der Waals surface area contributed by atoms with Crippen LogP contribution in [0, 0.1) is 5.92 Å². The van der Waals surface area contributed by atoms with Crippen molar-refractivity contribution in [2.45, 2.75) is 82.4 Å². The number of carbonyl (C=O) groups is 4. The summed E-state index contributed by atoms with van der Waals surface area (Å²) in [4.78, 5) is 51.1. The summed E-state index contributed by atoms with van der Waals surface area (Å²) in [6, 6.07) is 7.82. The Morgan fingerprint density at radius 2 is 1.74 bits per heavy atom. The van der Waals surface area contributed by atoms with Crippen LogP contribution in [0.3, 0.4) is 0 Å². The fourth-order valence-electron chi connectivity index (χ4n) is 4.52. The van der Waals surface area contributed by atoms with E-state index in [-0.39, 0.29) is 45.0 Å². The van der Waals surface area contributed by atoms with Crippen LogP contribution in [0.15, 0.2) is 55.6 Å². The van der Waals surface area contributed by atoms with Crippen LogP contribution in [0.2, 0.25) is 0 Å². The highest BCUT2D eigenvalue weighted by molar-refractivity contribution is 5.89. The van der Waals surface area contributed by atoms with E-state index in [2.05, 4.69) is 23.8 Å². The molecule has 2 atom stereocenters. The van der Waals surface area contributed by atoms with Crippen LogP contribution < -0.4 is 10.6 Å². The zero-order valence-corrected chi connectivity index (χ0v) is 22.7. The number of benzene rings is 1. The Balaban J connectivity index is 2.03. The molecule has 39 heavy (non-hydrogen) atoms. The summed E-state index contributed by atoms with van der Waals surface area (Å²) in [5.41, 5.74) is 0.108. The summed E-state index contributed by atoms with van der Waals surface area (Å²) >= 11 is 0. The Hall–Kier alpha value is -3.46. The van der Waals surface area contributed by atoms with Crippen LogP contribution in [-0.4, -0.2) is 53.7 Å². The third-order valence-corrected chi connectivity index (χ3v) is 6.80. The first-order valence-electron chi connectivity index (χ1n) is 13.6. The van der Waals surface area contributed by atoms with Gasteiger partial charge in [0.05, 0.1) is 18.1 Å². The number of ether oxygens (including phenoxy) is 2. The summed E-state index contributed by atoms with van der Waals surface area (Å²) in [6.07, 6.45) is 8.92. The van der Waals surface area contributed by atoms with E-state index in [4.69, 9.17) is 9.47 Å². The van der Waals surface area contributed by atoms with Gasteiger partial charge in [-0.1, -0.05) is 55.3 Å². The number of carbonyl (C=O) groups excluding carboxylic acids is 4. The molecule has 0 heterocycles. The molecule has 3 N–H and O–H groups in total. The number of amides is 2. The Bertz CT molecular complexity index is 957. The molecule has 1 aromatic carbocycles. The van der Waals surface area contributed by atoms with E-state index in [0.717, 1.165) is 31.2 Å². The van der Waals surface area contributed by atoms with Crippen LogP contribution in [0.5, 0.6) is 0 Å². The molecule has 9 nitrogen and oxygen atoms in total. The molecule has 0 aliphatic heterocycles. The van der Waals surface area contributed by atoms with Crippen LogP contribution in [0.1, 0.15) is 69.8 Å². The highest BCUT2D eigenvalue weighted by atomic mass is 16.6. The van der Waals surface area contributed by atoms with E-state index in [9.17, 15) is 24.3 Å². The number of unbranched alkanes of at least 4 members (excludes halogenated alkanes) is 2. The van der Waals surface area contributed by atoms with Gasteiger partial charge in [-0.05, 0) is 44.1 Å². The molecule has 2 rings (SSSR count). The fraction of sp³-hybridized carbons (Fsp3) is 0.533. The Morgan fingerprint density at radius 3 is 2.38 bits per heavy atom. The molecule has 1 saturated carbocycles. The van der Waals surface area contributed by atoms with Crippen molar-refractivity contribution in [1.29, 1.82) is 0 Å². The average Bonchev–Trinajstić information content (AvgIpc) is 3.41. The topological polar surface area (TPSA) is 131 Å². The number of aliphatic hydroxyl groups is 1. The lowest BCUT2D eigenvalue weighted by molar-refractivity contribution is -0.155. The minimum atomic E-state index is -1.24. The molecule has 2 unspecified atom stereocenters. The van der Waals surface area contributed by atoms with Crippen molar-refractivity contribution in [3.63, 3.8) is 0 Å². The normalized spacial score (nSPS) is 15.4. The minimum Gasteiger partial charge on any atom is -0.463 e. The predicted octanol–water partition coefficient (Wildman–Crippen LogP) is 3.51. The summed E-state index contributed by atoms with van der Waals surface area (Å²) in [5.74, 6) is -2.96. The zero-order valence-electron chi connectivity index (χ0n) is 22.7. The second kappa shape index (κ2) is 17.2. The molecule has 0 saturated heterocycles. The number of rotatable bonds is 18. The quantitative estimate of drug-likeness (QED) is 0.147. The van der Waals surface area contributed by atoms with Gasteiger partial charge in [0.15, 0.2) is 6.04 Å². The third-order valence-electron chi connectivity index (χ3n) is 6.80. The van der Waals surface area contributed by atoms with Gasteiger partial charge in [0, 0.05) is 12.8 Å². The maximum absolute atomic E-state index is 13.2. The van der Waals surface area contributed by atoms with Crippen molar-refractivity contribution in [2.24, 2.45) is 5.92 Å². The third kappa shape index (κ3) is 11.4. The first-order chi connectivity index (χ1) is 18.8. The van der Waals surface area contributed by atoms with E-state index in [1.165, 1.54) is 6.08 Å². The van der Waals surface area contributed by atoms with Crippen molar-refractivity contribution in [3.05, 3.63) is 61.2 Å². The van der Waals surface area contributed by atoms with Crippen LogP contribution in [0.4, 0.5) is 0 Å². The molecule has 214 valence electrons. The molecule has 0 aromatic heterocycles. The van der Waals surface area contributed by atoms with Gasteiger partial charge in [-0.3, -0.25) is 14.4 Å². The van der Waals surface area contributed by atoms with E-state index in [1.54, 1.807) is 18.2 Å². The second-order valence-electron chi connectivity index (χ2n) is 9.99. The standard InChI is InChI=1S/C30H42N2O7/c1-3-5-6-10-16-27(35)38-21-25(29(37)39-20-23-14-8-7-9-15-23)31-28(36)24(13-4-2)19-26(34)32-30(22-33)17-11-12-18-30/h3-4,7-9,14-15,24-25,33H,1-2,5-6,10-13,16-22H2,(H,31,36)(H,32,34). The van der Waals surface area contributed by atoms with Gasteiger partial charge in [-0.2, -0.15) is 0 Å². The molecule has 2 amide bonds. The molecular formula is C30H42N2O7. The van der Waals surface area contributed by atoms with Gasteiger partial charge in [0.25, 0.3) is 0 Å². The lowest BCUT2D eigenvalue weighted by Crippen LogP contribution is -2.51. The summed E-state index contributed by atoms with van der Waals surface area (Å²) in [7, 11) is 0. The average molecular weight is 543 g/mol. The lowest BCUT2D eigenvalue weighted by Gasteiger charge is -2.29. The molecule has 9 heteroatoms. The smallest absolute Gasteiger partial charge is 0.332 e. The molecule has 0 bridgehead atoms. The second-order valence-corrected chi connectivity index (χ2v) is 9.99. The van der Waals surface area contributed by atoms with Gasteiger partial charge in [0.1, 0.15) is 13.2 Å². The summed E-state index contributed by atoms with van der Waals surface area (Å²) in [5, 5.41) is 15.3. The highest BCUT2D eigenvalue weighted by Gasteiger charge is 2.36. The van der Waals surface area contributed by atoms with Gasteiger partial charge >= 0.3 is 11.9 Å². The number of esters is 2. The van der Waals surface area contributed by atoms with E-state index in [0.29, 0.717) is 19.3 Å². The minimum absolute atomic E-state index is 0.0106. The zero-order chi connectivity index (χ0) is 28.5. The Labute approximate surface area is 231 Å². The highest BCUT2D eigenvalue weighted by Crippen LogP contribution is 2.29. The van der Waals surface area contributed by atoms with Crippen molar-refractivity contribution >= 4 is 23.8 Å². The molecule has 1 aliphatic rings. The van der Waals surface area contributed by atoms with E-state index >= 15 is 0 Å². The summed E-state index contributed by atoms with van der Waals surface area (Å²) in [6.45, 7) is 6.77. The fourth-order valence-corrected chi connectivity index (χ4v) is 4.52. The van der Waals surface area contributed by atoms with Crippen molar-refractivity contribution in [2.75, 3.05) is 13.2 Å². The van der Waals surface area contributed by atoms with Crippen LogP contribution in [0.25, 0.3) is 0 Å². The Morgan fingerprint density at radius 1 is 1.03 bits per heavy atom. The largest absolute Gasteiger partial charge is 0.463 e. The number of nitrogens with one attached hydrogen (secondary N) is 2. The summed E-state index contributed by atoms with van der Waals surface area (Å²) < 4.78 is 10.7. The van der Waals surface area contributed by atoms with Crippen LogP contribution in [-0.2, 0) is 35.3 Å². The van der Waals surface area contributed by atoms with Gasteiger partial charge in [-0.25, -0.2) is 4.79 Å². The SMILES string of the molecule is C=CCCCCC(=O)OCC(NC(=O)C(CC=C)CC(=O)NC1(CO)CCCC1)C(=O)OCc1ccccc1. The first-order valence-corrected chi connectivity index (χ1v) is 13.6. The van der Waals surface area contributed by atoms with Gasteiger partial charge in [-0.15, -0.1) is 13.2 Å². The number of aliphatic hydroxyl groups excluding tert-OH is 1. The predicted molar refractivity (Wildman–Crippen MR) is 147 cm³/mol. The number of allylic oxidation sites excluding steroid dienone is 2. The molecular weight excluding hydrogens is 500 g/mol. The van der Waals surface area contributed by atoms with Crippen molar-refractivity contribution in [3.8, 4) is 0 Å². The van der Waals surface area contributed by atoms with Gasteiger partial charge in [0.2, 0.25) is 11.8 Å². The number of hydrogen-bond acceptors (Lipinski definition) is 7. The monoisotopic (exact) mass is 542 g/mol. The molecule has 1 fully saturated rings. The maximum Gasteiger partial charge on any atom is 0.332 e. The molecule has 1 aromatic rings. The van der Waals surface area contributed by atoms with Gasteiger partial charge < -0.3 is 25.2 Å². The van der Waals surface area contributed by atoms with Crippen LogP contribution >= 0.6 is 0 Å². The first kappa shape index (κ1) is 31.8.